The lowest BCUT2D eigenvalue weighted by molar-refractivity contribution is -0.120. The number of carbonyl (C=O) groups excluding carboxylic acids is 2. The number of ketones is 1. The number of methoxy groups -OCH3 is 1. The Morgan fingerprint density at radius 2 is 1.92 bits per heavy atom. The van der Waals surface area contributed by atoms with Crippen molar-refractivity contribution in [2.75, 3.05) is 12.0 Å². The minimum Gasteiger partial charge on any atom is -0.497 e. The lowest BCUT2D eigenvalue weighted by Gasteiger charge is -2.24. The molecule has 5 rings (SSSR count). The van der Waals surface area contributed by atoms with Gasteiger partial charge < -0.3 is 14.1 Å². The van der Waals surface area contributed by atoms with Crippen LogP contribution in [0.2, 0.25) is 0 Å². The van der Waals surface area contributed by atoms with Crippen molar-refractivity contribution in [3.63, 3.8) is 0 Å². The van der Waals surface area contributed by atoms with Gasteiger partial charge in [-0.05, 0) is 61.7 Å². The molecule has 1 amide bonds. The molecule has 1 aliphatic rings. The van der Waals surface area contributed by atoms with Crippen LogP contribution in [0.4, 0.5) is 5.69 Å². The highest BCUT2D eigenvalue weighted by Crippen LogP contribution is 2.36. The Labute approximate surface area is 215 Å². The van der Waals surface area contributed by atoms with Gasteiger partial charge in [0.2, 0.25) is 11.8 Å². The molecular weight excluding hydrogens is 468 g/mol. The first-order chi connectivity index (χ1) is 17.8. The van der Waals surface area contributed by atoms with E-state index >= 15 is 0 Å². The molecule has 2 aromatic heterocycles. The summed E-state index contributed by atoms with van der Waals surface area (Å²) in [5, 5.41) is 4.39. The molecule has 0 fully saturated rings. The molecule has 1 aliphatic heterocycles. The largest absolute Gasteiger partial charge is 0.497 e. The number of fused-ring (bicyclic) bond motifs is 1. The third-order valence-corrected chi connectivity index (χ3v) is 6.61. The summed E-state index contributed by atoms with van der Waals surface area (Å²) in [6.45, 7) is 5.60. The van der Waals surface area contributed by atoms with Crippen LogP contribution in [0.1, 0.15) is 49.1 Å². The molecule has 2 aromatic carbocycles. The van der Waals surface area contributed by atoms with E-state index in [0.29, 0.717) is 18.2 Å². The van der Waals surface area contributed by atoms with Crippen LogP contribution >= 0.6 is 0 Å². The Balaban J connectivity index is 1.57. The van der Waals surface area contributed by atoms with Crippen molar-refractivity contribution in [1.82, 2.24) is 14.8 Å². The van der Waals surface area contributed by atoms with Gasteiger partial charge in [0.05, 0.1) is 38.2 Å². The summed E-state index contributed by atoms with van der Waals surface area (Å²) in [4.78, 5) is 31.6. The first-order valence-corrected chi connectivity index (χ1v) is 12.1. The highest BCUT2D eigenvalue weighted by molar-refractivity contribution is 6.06. The second kappa shape index (κ2) is 9.89. The maximum absolute atomic E-state index is 13.6. The average molecular weight is 497 g/mol. The highest BCUT2D eigenvalue weighted by atomic mass is 16.5. The van der Waals surface area contributed by atoms with Crippen molar-refractivity contribution >= 4 is 29.0 Å². The third kappa shape index (κ3) is 4.95. The van der Waals surface area contributed by atoms with E-state index < -0.39 is 0 Å². The summed E-state index contributed by atoms with van der Waals surface area (Å²) in [7, 11) is 1.63. The summed E-state index contributed by atoms with van der Waals surface area (Å²) in [5.74, 6) is 1.87. The van der Waals surface area contributed by atoms with Gasteiger partial charge in [0, 0.05) is 17.3 Å². The van der Waals surface area contributed by atoms with E-state index in [2.05, 4.69) is 10.1 Å². The van der Waals surface area contributed by atoms with Crippen molar-refractivity contribution in [1.29, 1.82) is 0 Å². The quantitative estimate of drug-likeness (QED) is 0.336. The first kappa shape index (κ1) is 24.2. The summed E-state index contributed by atoms with van der Waals surface area (Å²) >= 11 is 0. The van der Waals surface area contributed by atoms with E-state index in [-0.39, 0.29) is 24.2 Å². The fourth-order valence-electron chi connectivity index (χ4n) is 4.32. The van der Waals surface area contributed by atoms with E-state index in [9.17, 15) is 9.59 Å². The minimum absolute atomic E-state index is 0.0345. The number of Topliss-reactive ketones (excluding diaryl/α,β-unsaturated/α-hetero) is 1. The zero-order valence-corrected chi connectivity index (χ0v) is 21.3. The van der Waals surface area contributed by atoms with E-state index in [1.54, 1.807) is 36.0 Å². The number of aryl methyl sites for hydroxylation is 1. The summed E-state index contributed by atoms with van der Waals surface area (Å²) in [6, 6.07) is 13.3. The molecule has 188 valence electrons. The molecule has 0 radical (unpaired) electrons. The van der Waals surface area contributed by atoms with Gasteiger partial charge in [0.25, 0.3) is 0 Å². The zero-order chi connectivity index (χ0) is 26.1. The maximum Gasteiger partial charge on any atom is 0.231 e. The van der Waals surface area contributed by atoms with Crippen LogP contribution in [-0.2, 0) is 16.1 Å². The Morgan fingerprint density at radius 1 is 1.14 bits per heavy atom. The van der Waals surface area contributed by atoms with Crippen LogP contribution in [0.3, 0.4) is 0 Å². The smallest absolute Gasteiger partial charge is 0.231 e. The van der Waals surface area contributed by atoms with Crippen LogP contribution in [0, 0.1) is 6.92 Å². The van der Waals surface area contributed by atoms with E-state index in [4.69, 9.17) is 9.15 Å². The summed E-state index contributed by atoms with van der Waals surface area (Å²) in [6.07, 6.45) is 7.39. The second-order valence-corrected chi connectivity index (χ2v) is 9.22. The number of benzene rings is 2. The molecular formula is C29H28N4O4. The number of oxazole rings is 1. The fourth-order valence-corrected chi connectivity index (χ4v) is 4.32. The van der Waals surface area contributed by atoms with Crippen LogP contribution in [-0.4, -0.2) is 33.6 Å². The van der Waals surface area contributed by atoms with Gasteiger partial charge in [-0.3, -0.25) is 14.3 Å². The number of rotatable bonds is 7. The Bertz CT molecular complexity index is 1500. The number of aromatic nitrogens is 3. The third-order valence-electron chi connectivity index (χ3n) is 6.61. The van der Waals surface area contributed by atoms with Crippen molar-refractivity contribution in [3.8, 4) is 16.9 Å². The highest BCUT2D eigenvalue weighted by Gasteiger charge is 2.26. The predicted octanol–water partition coefficient (Wildman–Crippen LogP) is 5.48. The Kier molecular flexibility index (Phi) is 6.48. The first-order valence-electron chi connectivity index (χ1n) is 12.1. The summed E-state index contributed by atoms with van der Waals surface area (Å²) < 4.78 is 12.7. The number of amides is 1. The molecule has 8 heteroatoms. The van der Waals surface area contributed by atoms with Gasteiger partial charge in [-0.2, -0.15) is 5.10 Å². The van der Waals surface area contributed by atoms with Crippen LogP contribution in [0.25, 0.3) is 22.8 Å². The molecule has 3 heterocycles. The van der Waals surface area contributed by atoms with Crippen LogP contribution < -0.4 is 9.64 Å². The molecule has 4 aromatic rings. The zero-order valence-electron chi connectivity index (χ0n) is 21.3. The lowest BCUT2D eigenvalue weighted by atomic mass is 10.0. The fraction of sp³-hybridized carbons (Fsp3) is 0.241. The van der Waals surface area contributed by atoms with Gasteiger partial charge in [0.15, 0.2) is 5.78 Å². The molecule has 8 nitrogen and oxygen atoms in total. The van der Waals surface area contributed by atoms with Crippen LogP contribution in [0.15, 0.2) is 65.5 Å². The van der Waals surface area contributed by atoms with Crippen molar-refractivity contribution in [3.05, 3.63) is 83.8 Å². The number of carbonyl (C=O) groups is 2. The standard InChI is InChI=1S/C29H28N4O4/c1-18-14-30-29(37-18)24-11-23-8-7-22(25-15-31-33(17-25)19(2)20(3)34)12-27(23)32(28(35)13-24)16-21-5-9-26(36-4)10-6-21/h5-12,14-15,17,19H,13,16H2,1-4H3. The monoisotopic (exact) mass is 496 g/mol. The maximum atomic E-state index is 13.6. The molecule has 0 saturated carbocycles. The Hall–Kier alpha value is -4.46. The van der Waals surface area contributed by atoms with E-state index in [0.717, 1.165) is 39.3 Å². The van der Waals surface area contributed by atoms with Gasteiger partial charge in [-0.15, -0.1) is 0 Å². The number of hydrogen-bond acceptors (Lipinski definition) is 6. The number of ether oxygens (including phenoxy) is 1. The van der Waals surface area contributed by atoms with Crippen molar-refractivity contribution in [2.45, 2.75) is 39.8 Å². The summed E-state index contributed by atoms with van der Waals surface area (Å²) in [5.41, 5.74) is 5.14. The molecule has 37 heavy (non-hydrogen) atoms. The van der Waals surface area contributed by atoms with Crippen molar-refractivity contribution in [2.24, 2.45) is 0 Å². The second-order valence-electron chi connectivity index (χ2n) is 9.22. The number of nitrogens with zero attached hydrogens (tertiary/aromatic N) is 4. The van der Waals surface area contributed by atoms with Gasteiger partial charge in [0.1, 0.15) is 17.6 Å². The van der Waals surface area contributed by atoms with Crippen LogP contribution in [0.5, 0.6) is 5.75 Å². The van der Waals surface area contributed by atoms with E-state index in [1.165, 1.54) is 0 Å². The molecule has 1 atom stereocenters. The minimum atomic E-state index is -0.350. The molecule has 0 spiro atoms. The number of hydrogen-bond donors (Lipinski definition) is 0. The van der Waals surface area contributed by atoms with Gasteiger partial charge >= 0.3 is 0 Å². The van der Waals surface area contributed by atoms with Crippen molar-refractivity contribution < 1.29 is 18.7 Å². The lowest BCUT2D eigenvalue weighted by Crippen LogP contribution is -2.30. The van der Waals surface area contributed by atoms with E-state index in [1.807, 2.05) is 68.6 Å². The molecule has 0 bridgehead atoms. The molecule has 0 aliphatic carbocycles. The Morgan fingerprint density at radius 3 is 2.59 bits per heavy atom. The normalized spacial score (nSPS) is 14.1. The number of anilines is 1. The molecule has 0 N–H and O–H groups in total. The topological polar surface area (TPSA) is 90.5 Å². The SMILES string of the molecule is COc1ccc(CN2C(=O)CC(c3ncc(C)o3)=Cc3ccc(-c4cnn(C(C)C(C)=O)c4)cc32)cc1. The molecule has 0 saturated heterocycles. The predicted molar refractivity (Wildman–Crippen MR) is 141 cm³/mol. The van der Waals surface area contributed by atoms with Gasteiger partial charge in [-0.25, -0.2) is 4.98 Å². The van der Waals surface area contributed by atoms with Gasteiger partial charge in [-0.1, -0.05) is 24.3 Å². The average Bonchev–Trinajstić information content (AvgIpc) is 3.54. The molecule has 1 unspecified atom stereocenters.